The molecule has 2 atom stereocenters. The number of amides is 1. The van der Waals surface area contributed by atoms with Crippen LogP contribution in [0, 0.1) is 6.92 Å². The van der Waals surface area contributed by atoms with Gasteiger partial charge in [-0.2, -0.15) is 10.2 Å². The minimum atomic E-state index is -0.107. The topological polar surface area (TPSA) is 74.4 Å². The second-order valence-corrected chi connectivity index (χ2v) is 7.45. The van der Waals surface area contributed by atoms with Gasteiger partial charge in [0.25, 0.3) is 5.91 Å². The van der Waals surface area contributed by atoms with E-state index in [1.54, 1.807) is 7.11 Å². The molecule has 27 heavy (non-hydrogen) atoms. The van der Waals surface area contributed by atoms with E-state index in [0.717, 1.165) is 29.2 Å². The molecule has 0 N–H and O–H groups in total. The van der Waals surface area contributed by atoms with Gasteiger partial charge in [0.2, 0.25) is 0 Å². The van der Waals surface area contributed by atoms with Crippen LogP contribution in [-0.4, -0.2) is 56.7 Å². The smallest absolute Gasteiger partial charge is 0.272 e. The molecule has 0 fully saturated rings. The van der Waals surface area contributed by atoms with Crippen molar-refractivity contribution < 1.29 is 14.3 Å². The Bertz CT molecular complexity index is 856. The number of aromatic nitrogens is 4. The zero-order chi connectivity index (χ0) is 19.1. The Morgan fingerprint density at radius 1 is 1.33 bits per heavy atom. The summed E-state index contributed by atoms with van der Waals surface area (Å²) >= 11 is 0. The van der Waals surface area contributed by atoms with E-state index in [1.807, 2.05) is 35.0 Å². The zero-order valence-electron chi connectivity index (χ0n) is 16.4. The van der Waals surface area contributed by atoms with Crippen LogP contribution in [0.4, 0.5) is 0 Å². The largest absolute Gasteiger partial charge is 0.383 e. The van der Waals surface area contributed by atoms with Gasteiger partial charge in [0.15, 0.2) is 0 Å². The highest BCUT2D eigenvalue weighted by molar-refractivity contribution is 5.94. The first-order valence-corrected chi connectivity index (χ1v) is 9.54. The average molecular weight is 373 g/mol. The Labute approximate surface area is 159 Å². The fraction of sp³-hybridized carbons (Fsp3) is 0.632. The van der Waals surface area contributed by atoms with E-state index in [1.165, 1.54) is 0 Å². The van der Waals surface area contributed by atoms with E-state index in [-0.39, 0.29) is 18.1 Å². The SMILES string of the molecule is COCCn1nc2c(c1C(=O)N1CCn3nc(C)cc3C1)C[C@H](C)O[C@@H]2C. The molecule has 4 rings (SSSR count). The van der Waals surface area contributed by atoms with Gasteiger partial charge in [0.1, 0.15) is 5.69 Å². The molecule has 0 bridgehead atoms. The Balaban J connectivity index is 1.68. The summed E-state index contributed by atoms with van der Waals surface area (Å²) in [7, 11) is 1.66. The first kappa shape index (κ1) is 18.2. The molecule has 1 amide bonds. The van der Waals surface area contributed by atoms with Gasteiger partial charge in [0, 0.05) is 25.6 Å². The summed E-state index contributed by atoms with van der Waals surface area (Å²) in [5, 5.41) is 9.20. The van der Waals surface area contributed by atoms with Crippen molar-refractivity contribution >= 4 is 5.91 Å². The number of carbonyl (C=O) groups is 1. The molecule has 2 aliphatic rings. The van der Waals surface area contributed by atoms with Gasteiger partial charge in [0.05, 0.1) is 55.5 Å². The van der Waals surface area contributed by atoms with Crippen molar-refractivity contribution in [2.75, 3.05) is 20.3 Å². The van der Waals surface area contributed by atoms with Gasteiger partial charge in [-0.1, -0.05) is 0 Å². The number of hydrogen-bond acceptors (Lipinski definition) is 5. The number of ether oxygens (including phenoxy) is 2. The predicted molar refractivity (Wildman–Crippen MR) is 98.5 cm³/mol. The van der Waals surface area contributed by atoms with Crippen LogP contribution in [0.2, 0.25) is 0 Å². The summed E-state index contributed by atoms with van der Waals surface area (Å²) in [5.41, 5.74) is 4.66. The predicted octanol–water partition coefficient (Wildman–Crippen LogP) is 1.71. The highest BCUT2D eigenvalue weighted by atomic mass is 16.5. The van der Waals surface area contributed by atoms with Gasteiger partial charge >= 0.3 is 0 Å². The number of hydrogen-bond donors (Lipinski definition) is 0. The molecule has 2 aromatic rings. The maximum absolute atomic E-state index is 13.5. The molecule has 8 heteroatoms. The molecule has 0 spiro atoms. The molecule has 2 aliphatic heterocycles. The van der Waals surface area contributed by atoms with Gasteiger partial charge in [-0.05, 0) is 26.8 Å². The number of nitrogens with zero attached hydrogens (tertiary/aromatic N) is 5. The normalized spacial score (nSPS) is 21.9. The van der Waals surface area contributed by atoms with Crippen LogP contribution in [0.3, 0.4) is 0 Å². The number of aryl methyl sites for hydroxylation is 1. The van der Waals surface area contributed by atoms with Crippen molar-refractivity contribution in [3.05, 3.63) is 34.4 Å². The minimum Gasteiger partial charge on any atom is -0.383 e. The lowest BCUT2D eigenvalue weighted by Crippen LogP contribution is -2.40. The third-order valence-corrected chi connectivity index (χ3v) is 5.31. The average Bonchev–Trinajstić information content (AvgIpc) is 3.18. The van der Waals surface area contributed by atoms with E-state index in [2.05, 4.69) is 11.2 Å². The number of carbonyl (C=O) groups excluding carboxylic acids is 1. The summed E-state index contributed by atoms with van der Waals surface area (Å²) in [6.07, 6.45) is 0.674. The van der Waals surface area contributed by atoms with Crippen LogP contribution >= 0.6 is 0 Å². The second kappa shape index (κ2) is 7.09. The van der Waals surface area contributed by atoms with Gasteiger partial charge in [-0.25, -0.2) is 0 Å². The Morgan fingerprint density at radius 3 is 2.93 bits per heavy atom. The first-order valence-electron chi connectivity index (χ1n) is 9.54. The first-order chi connectivity index (χ1) is 13.0. The lowest BCUT2D eigenvalue weighted by molar-refractivity contribution is -0.00721. The second-order valence-electron chi connectivity index (χ2n) is 7.45. The van der Waals surface area contributed by atoms with Crippen LogP contribution in [0.1, 0.15) is 53.1 Å². The molecule has 146 valence electrons. The lowest BCUT2D eigenvalue weighted by Gasteiger charge is -2.29. The van der Waals surface area contributed by atoms with Gasteiger partial charge in [-0.3, -0.25) is 14.2 Å². The van der Waals surface area contributed by atoms with Crippen molar-refractivity contribution in [3.8, 4) is 0 Å². The van der Waals surface area contributed by atoms with Crippen LogP contribution in [0.25, 0.3) is 0 Å². The molecule has 4 heterocycles. The molecule has 0 saturated heterocycles. The van der Waals surface area contributed by atoms with Crippen molar-refractivity contribution in [3.63, 3.8) is 0 Å². The van der Waals surface area contributed by atoms with E-state index in [0.29, 0.717) is 38.4 Å². The molecule has 0 unspecified atom stereocenters. The summed E-state index contributed by atoms with van der Waals surface area (Å²) in [5.74, 6) is 0.0336. The molecule has 0 aliphatic carbocycles. The van der Waals surface area contributed by atoms with Crippen molar-refractivity contribution in [2.45, 2.75) is 59.0 Å². The molecular formula is C19H27N5O3. The number of fused-ring (bicyclic) bond motifs is 2. The lowest BCUT2D eigenvalue weighted by atomic mass is 9.99. The van der Waals surface area contributed by atoms with Crippen molar-refractivity contribution in [1.82, 2.24) is 24.5 Å². The fourth-order valence-corrected chi connectivity index (χ4v) is 4.11. The molecule has 2 aromatic heterocycles. The van der Waals surface area contributed by atoms with Crippen LogP contribution in [0.15, 0.2) is 6.07 Å². The monoisotopic (exact) mass is 373 g/mol. The van der Waals surface area contributed by atoms with Gasteiger partial charge in [-0.15, -0.1) is 0 Å². The van der Waals surface area contributed by atoms with E-state index < -0.39 is 0 Å². The summed E-state index contributed by atoms with van der Waals surface area (Å²) in [4.78, 5) is 15.4. The minimum absolute atomic E-state index is 0.0336. The molecule has 8 nitrogen and oxygen atoms in total. The highest BCUT2D eigenvalue weighted by Gasteiger charge is 2.34. The molecular weight excluding hydrogens is 346 g/mol. The standard InChI is InChI=1S/C19H27N5O3/c1-12-9-15-11-22(5-6-23(15)20-12)19(25)18-16-10-13(2)27-14(3)17(16)21-24(18)7-8-26-4/h9,13-14H,5-8,10-11H2,1-4H3/t13-,14+/m0/s1. The van der Waals surface area contributed by atoms with Crippen molar-refractivity contribution in [2.24, 2.45) is 0 Å². The van der Waals surface area contributed by atoms with E-state index in [4.69, 9.17) is 14.6 Å². The Morgan fingerprint density at radius 2 is 2.15 bits per heavy atom. The van der Waals surface area contributed by atoms with E-state index >= 15 is 0 Å². The molecule has 0 radical (unpaired) electrons. The quantitative estimate of drug-likeness (QED) is 0.816. The van der Waals surface area contributed by atoms with Crippen LogP contribution < -0.4 is 0 Å². The van der Waals surface area contributed by atoms with Crippen LogP contribution in [0.5, 0.6) is 0 Å². The third-order valence-electron chi connectivity index (χ3n) is 5.31. The summed E-state index contributed by atoms with van der Waals surface area (Å²) < 4.78 is 14.9. The maximum atomic E-state index is 13.5. The van der Waals surface area contributed by atoms with Crippen LogP contribution in [-0.2, 0) is 35.5 Å². The van der Waals surface area contributed by atoms with E-state index in [9.17, 15) is 4.79 Å². The third kappa shape index (κ3) is 3.27. The maximum Gasteiger partial charge on any atom is 0.272 e. The number of rotatable bonds is 4. The Hall–Kier alpha value is -2.19. The fourth-order valence-electron chi connectivity index (χ4n) is 4.11. The van der Waals surface area contributed by atoms with Crippen molar-refractivity contribution in [1.29, 1.82) is 0 Å². The number of methoxy groups -OCH3 is 1. The summed E-state index contributed by atoms with van der Waals surface area (Å²) in [6.45, 7) is 9.04. The summed E-state index contributed by atoms with van der Waals surface area (Å²) in [6, 6.07) is 2.05. The highest BCUT2D eigenvalue weighted by Crippen LogP contribution is 2.32. The zero-order valence-corrected chi connectivity index (χ0v) is 16.4. The Kier molecular flexibility index (Phi) is 4.77. The molecule has 0 saturated carbocycles. The molecule has 0 aromatic carbocycles. The van der Waals surface area contributed by atoms with Gasteiger partial charge < -0.3 is 14.4 Å².